The second-order valence-electron chi connectivity index (χ2n) is 4.09. The minimum atomic E-state index is -3.56. The normalized spacial score (nSPS) is 12.7. The van der Waals surface area contributed by atoms with Crippen molar-refractivity contribution in [2.75, 3.05) is 26.2 Å². The van der Waals surface area contributed by atoms with Crippen LogP contribution >= 0.6 is 19.2 Å². The van der Waals surface area contributed by atoms with E-state index in [0.29, 0.717) is 0 Å². The Kier molecular flexibility index (Phi) is 9.14. The van der Waals surface area contributed by atoms with Crippen LogP contribution in [0.1, 0.15) is 27.7 Å². The van der Waals surface area contributed by atoms with Crippen molar-refractivity contribution in [2.24, 2.45) is 0 Å². The Balaban J connectivity index is 5.58. The minimum absolute atomic E-state index is 0.101. The van der Waals surface area contributed by atoms with Crippen LogP contribution in [0.3, 0.4) is 0 Å². The van der Waals surface area contributed by atoms with Crippen LogP contribution in [0.5, 0.6) is 0 Å². The van der Waals surface area contributed by atoms with Crippen LogP contribution in [-0.4, -0.2) is 43.0 Å². The van der Waals surface area contributed by atoms with Gasteiger partial charge < -0.3 is 13.8 Å². The van der Waals surface area contributed by atoms with E-state index in [1.807, 2.05) is 0 Å². The van der Waals surface area contributed by atoms with Crippen molar-refractivity contribution in [1.82, 2.24) is 4.90 Å². The molecule has 0 rings (SSSR count). The summed E-state index contributed by atoms with van der Waals surface area (Å²) in [6.45, 7) is 7.37. The second kappa shape index (κ2) is 9.40. The third kappa shape index (κ3) is 5.44. The van der Waals surface area contributed by atoms with Crippen molar-refractivity contribution >= 4 is 25.3 Å². The highest BCUT2D eigenvalue weighted by molar-refractivity contribution is 7.54. The topological polar surface area (TPSA) is 65.1 Å². The van der Waals surface area contributed by atoms with E-state index >= 15 is 0 Å². The third-order valence-electron chi connectivity index (χ3n) is 2.22. The van der Waals surface area contributed by atoms with E-state index in [4.69, 9.17) is 25.4 Å². The maximum absolute atomic E-state index is 12.8. The van der Waals surface area contributed by atoms with Gasteiger partial charge in [-0.05, 0) is 27.7 Å². The summed E-state index contributed by atoms with van der Waals surface area (Å²) in [6.07, 6.45) is 0.848. The Labute approximate surface area is 125 Å². The van der Waals surface area contributed by atoms with Gasteiger partial charge in [0, 0.05) is 6.20 Å². The van der Waals surface area contributed by atoms with Crippen molar-refractivity contribution < 1.29 is 23.1 Å². The Morgan fingerprint density at radius 3 is 2.10 bits per heavy atom. The van der Waals surface area contributed by atoms with Gasteiger partial charge in [-0.3, -0.25) is 9.46 Å². The molecule has 1 amide bonds. The molecule has 0 aromatic carbocycles. The van der Waals surface area contributed by atoms with Crippen LogP contribution in [0.2, 0.25) is 0 Å². The van der Waals surface area contributed by atoms with Crippen molar-refractivity contribution in [1.29, 1.82) is 0 Å². The number of nitrogens with zero attached hydrogens (tertiary/aromatic N) is 1. The van der Waals surface area contributed by atoms with E-state index in [2.05, 4.69) is 0 Å². The average molecular weight is 328 g/mol. The number of alkyl halides is 1. The number of halogens is 1. The van der Waals surface area contributed by atoms with Gasteiger partial charge in [-0.1, -0.05) is 5.57 Å². The summed E-state index contributed by atoms with van der Waals surface area (Å²) in [5.41, 5.74) is 0.824. The van der Waals surface area contributed by atoms with E-state index in [1.54, 1.807) is 27.7 Å². The lowest BCUT2D eigenvalue weighted by Crippen LogP contribution is -2.38. The molecule has 0 N–H and O–H groups in total. The molecule has 0 spiro atoms. The molecule has 0 radical (unpaired) electrons. The maximum Gasteiger partial charge on any atom is 0.414 e. The first-order valence-electron chi connectivity index (χ1n) is 6.32. The van der Waals surface area contributed by atoms with E-state index < -0.39 is 19.5 Å². The Morgan fingerprint density at radius 2 is 1.80 bits per heavy atom. The molecule has 1 unspecified atom stereocenters. The van der Waals surface area contributed by atoms with Gasteiger partial charge in [0.05, 0.1) is 26.2 Å². The molecule has 6 nitrogen and oxygen atoms in total. The van der Waals surface area contributed by atoms with E-state index in [0.717, 1.165) is 10.5 Å². The molecule has 0 bridgehead atoms. The SMILES string of the molecule is CCOP(=O)(OCC)C(CCl)N(C=C(C)C)C(=O)OC. The summed E-state index contributed by atoms with van der Waals surface area (Å²) in [4.78, 5) is 13.0. The number of hydrogen-bond acceptors (Lipinski definition) is 5. The van der Waals surface area contributed by atoms with Gasteiger partial charge in [-0.15, -0.1) is 11.6 Å². The lowest BCUT2D eigenvalue weighted by Gasteiger charge is -2.31. The highest BCUT2D eigenvalue weighted by Gasteiger charge is 2.41. The van der Waals surface area contributed by atoms with Gasteiger partial charge in [0.2, 0.25) is 0 Å². The van der Waals surface area contributed by atoms with Crippen LogP contribution in [0.15, 0.2) is 11.8 Å². The number of methoxy groups -OCH3 is 1. The largest absolute Gasteiger partial charge is 0.452 e. The molecule has 20 heavy (non-hydrogen) atoms. The molecule has 0 saturated carbocycles. The molecule has 118 valence electrons. The summed E-state index contributed by atoms with van der Waals surface area (Å²) in [6, 6.07) is 0. The summed E-state index contributed by atoms with van der Waals surface area (Å²) in [7, 11) is -2.32. The number of amides is 1. The summed E-state index contributed by atoms with van der Waals surface area (Å²) in [5, 5.41) is 0. The zero-order valence-electron chi connectivity index (χ0n) is 12.6. The van der Waals surface area contributed by atoms with Gasteiger partial charge in [0.1, 0.15) is 0 Å². The Morgan fingerprint density at radius 1 is 1.30 bits per heavy atom. The standard InChI is InChI=1S/C12H23ClNO5P/c1-6-18-20(16,19-7-2)11(8-13)14(9-10(3)4)12(15)17-5/h9,11H,6-8H2,1-5H3. The molecule has 0 aliphatic heterocycles. The van der Waals surface area contributed by atoms with Crippen LogP contribution in [-0.2, 0) is 18.3 Å². The van der Waals surface area contributed by atoms with Gasteiger partial charge in [0.25, 0.3) is 0 Å². The van der Waals surface area contributed by atoms with Gasteiger partial charge in [-0.25, -0.2) is 4.79 Å². The van der Waals surface area contributed by atoms with Crippen molar-refractivity contribution in [3.8, 4) is 0 Å². The number of ether oxygens (including phenoxy) is 1. The molecule has 0 saturated heterocycles. The highest BCUT2D eigenvalue weighted by Crippen LogP contribution is 2.54. The molecule has 0 aliphatic rings. The average Bonchev–Trinajstić information content (AvgIpc) is 2.37. The molecule has 8 heteroatoms. The van der Waals surface area contributed by atoms with Crippen LogP contribution in [0.25, 0.3) is 0 Å². The molecule has 0 fully saturated rings. The summed E-state index contributed by atoms with van der Waals surface area (Å²) < 4.78 is 28.0. The van der Waals surface area contributed by atoms with Gasteiger partial charge >= 0.3 is 13.7 Å². The van der Waals surface area contributed by atoms with Crippen LogP contribution in [0, 0.1) is 0 Å². The zero-order chi connectivity index (χ0) is 15.8. The summed E-state index contributed by atoms with van der Waals surface area (Å²) >= 11 is 5.89. The Bertz CT molecular complexity index is 374. The van der Waals surface area contributed by atoms with Gasteiger partial charge in [0.15, 0.2) is 5.78 Å². The molecule has 1 atom stereocenters. The fourth-order valence-corrected chi connectivity index (χ4v) is 3.95. The Hall–Kier alpha value is -0.550. The molecule has 0 aliphatic carbocycles. The number of carbonyl (C=O) groups is 1. The lowest BCUT2D eigenvalue weighted by atomic mass is 10.4. The number of rotatable bonds is 8. The van der Waals surface area contributed by atoms with Gasteiger partial charge in [-0.2, -0.15) is 0 Å². The number of carbonyl (C=O) groups excluding carboxylic acids is 1. The smallest absolute Gasteiger partial charge is 0.414 e. The predicted molar refractivity (Wildman–Crippen MR) is 79.0 cm³/mol. The molecular formula is C12H23ClNO5P. The van der Waals surface area contributed by atoms with Crippen LogP contribution < -0.4 is 0 Å². The monoisotopic (exact) mass is 327 g/mol. The quantitative estimate of drug-likeness (QED) is 0.501. The first-order chi connectivity index (χ1) is 9.36. The first-order valence-corrected chi connectivity index (χ1v) is 8.46. The van der Waals surface area contributed by atoms with Crippen LogP contribution in [0.4, 0.5) is 4.79 Å². The minimum Gasteiger partial charge on any atom is -0.452 e. The lowest BCUT2D eigenvalue weighted by molar-refractivity contribution is 0.127. The van der Waals surface area contributed by atoms with Crippen molar-refractivity contribution in [2.45, 2.75) is 33.5 Å². The first kappa shape index (κ1) is 19.4. The summed E-state index contributed by atoms with van der Waals surface area (Å²) in [5.74, 6) is -1.04. The molecule has 0 aromatic heterocycles. The zero-order valence-corrected chi connectivity index (χ0v) is 14.2. The predicted octanol–water partition coefficient (Wildman–Crippen LogP) is 3.81. The maximum atomic E-state index is 12.8. The highest BCUT2D eigenvalue weighted by atomic mass is 35.5. The molecular weight excluding hydrogens is 305 g/mol. The third-order valence-corrected chi connectivity index (χ3v) is 5.13. The number of allylic oxidation sites excluding steroid dienone is 1. The second-order valence-corrected chi connectivity index (χ2v) is 6.59. The fourth-order valence-electron chi connectivity index (χ4n) is 1.52. The number of hydrogen-bond donors (Lipinski definition) is 0. The van der Waals surface area contributed by atoms with E-state index in [-0.39, 0.29) is 19.1 Å². The van der Waals surface area contributed by atoms with Crippen molar-refractivity contribution in [3.63, 3.8) is 0 Å². The fraction of sp³-hybridized carbons (Fsp3) is 0.750. The van der Waals surface area contributed by atoms with E-state index in [9.17, 15) is 9.36 Å². The van der Waals surface area contributed by atoms with Crippen molar-refractivity contribution in [3.05, 3.63) is 11.8 Å². The molecule has 0 aromatic rings. The molecule has 0 heterocycles. The van der Waals surface area contributed by atoms with E-state index in [1.165, 1.54) is 13.3 Å².